The van der Waals surface area contributed by atoms with Crippen LogP contribution in [0, 0.1) is 6.92 Å². The van der Waals surface area contributed by atoms with E-state index in [0.717, 1.165) is 6.42 Å². The van der Waals surface area contributed by atoms with Crippen LogP contribution in [0.3, 0.4) is 0 Å². The van der Waals surface area contributed by atoms with E-state index >= 15 is 0 Å². The first-order valence-corrected chi connectivity index (χ1v) is 6.04. The van der Waals surface area contributed by atoms with Gasteiger partial charge in [0, 0.05) is 7.11 Å². The topological polar surface area (TPSA) is 34.0 Å². The molecule has 17 heavy (non-hydrogen) atoms. The first-order valence-electron chi connectivity index (χ1n) is 6.04. The minimum atomic E-state index is -0.501. The monoisotopic (exact) mass is 234 g/mol. The zero-order valence-corrected chi connectivity index (χ0v) is 11.4. The van der Waals surface area contributed by atoms with Crippen molar-refractivity contribution < 1.29 is 4.74 Å². The van der Waals surface area contributed by atoms with Gasteiger partial charge in [0.05, 0.1) is 6.04 Å². The summed E-state index contributed by atoms with van der Waals surface area (Å²) in [6, 6.07) is 8.44. The number of rotatable bonds is 5. The Morgan fingerprint density at radius 2 is 1.88 bits per heavy atom. The van der Waals surface area contributed by atoms with Gasteiger partial charge in [0.25, 0.3) is 0 Å². The molecule has 0 spiro atoms. The molecule has 3 nitrogen and oxygen atoms in total. The molecule has 0 saturated heterocycles. The van der Waals surface area contributed by atoms with Gasteiger partial charge in [-0.1, -0.05) is 36.8 Å². The van der Waals surface area contributed by atoms with E-state index in [0.29, 0.717) is 0 Å². The number of azo groups is 1. The van der Waals surface area contributed by atoms with Crippen LogP contribution in [0.25, 0.3) is 0 Å². The Hall–Kier alpha value is -1.22. The zero-order chi connectivity index (χ0) is 12.9. The molecule has 0 heterocycles. The molecule has 94 valence electrons. The molecule has 0 aromatic heterocycles. The van der Waals surface area contributed by atoms with Gasteiger partial charge in [-0.15, -0.1) is 0 Å². The second-order valence-electron chi connectivity index (χ2n) is 4.53. The molecule has 2 atom stereocenters. The summed E-state index contributed by atoms with van der Waals surface area (Å²) in [6.07, 6.45) is 0.813. The van der Waals surface area contributed by atoms with Gasteiger partial charge in [0.2, 0.25) is 0 Å². The van der Waals surface area contributed by atoms with Gasteiger partial charge in [0.1, 0.15) is 0 Å². The molecule has 0 amide bonds. The lowest BCUT2D eigenvalue weighted by molar-refractivity contribution is 0.00325. The summed E-state index contributed by atoms with van der Waals surface area (Å²) in [5.74, 6) is 0. The van der Waals surface area contributed by atoms with Gasteiger partial charge in [-0.25, -0.2) is 0 Å². The fourth-order valence-corrected chi connectivity index (χ4v) is 1.38. The van der Waals surface area contributed by atoms with Crippen LogP contribution in [0.1, 0.15) is 44.4 Å². The standard InChI is InChI=1S/C14H22N2O/c1-6-14(4,17-5)16-15-12(3)13-9-7-11(2)8-10-13/h7-10,12H,6H2,1-5H3. The van der Waals surface area contributed by atoms with Crippen molar-refractivity contribution in [2.75, 3.05) is 7.11 Å². The van der Waals surface area contributed by atoms with Crippen LogP contribution < -0.4 is 0 Å². The summed E-state index contributed by atoms with van der Waals surface area (Å²) in [4.78, 5) is 0. The highest BCUT2D eigenvalue weighted by Gasteiger charge is 2.20. The fourth-order valence-electron chi connectivity index (χ4n) is 1.38. The molecule has 0 N–H and O–H groups in total. The van der Waals surface area contributed by atoms with Crippen molar-refractivity contribution in [1.29, 1.82) is 0 Å². The van der Waals surface area contributed by atoms with E-state index < -0.39 is 5.72 Å². The molecule has 0 bridgehead atoms. The van der Waals surface area contributed by atoms with Gasteiger partial charge < -0.3 is 4.74 Å². The maximum absolute atomic E-state index is 5.33. The Labute approximate surface area is 104 Å². The normalized spacial score (nSPS) is 17.0. The molecule has 1 aromatic carbocycles. The van der Waals surface area contributed by atoms with Crippen LogP contribution in [-0.2, 0) is 4.74 Å². The highest BCUT2D eigenvalue weighted by molar-refractivity contribution is 5.23. The summed E-state index contributed by atoms with van der Waals surface area (Å²) in [5, 5.41) is 8.63. The number of hydrogen-bond acceptors (Lipinski definition) is 3. The van der Waals surface area contributed by atoms with Crippen molar-refractivity contribution in [3.05, 3.63) is 35.4 Å². The second kappa shape index (κ2) is 5.92. The van der Waals surface area contributed by atoms with Crippen molar-refractivity contribution in [2.45, 2.75) is 45.9 Å². The Kier molecular flexibility index (Phi) is 4.82. The molecule has 0 saturated carbocycles. The minimum absolute atomic E-state index is 0.0663. The summed E-state index contributed by atoms with van der Waals surface area (Å²) in [6.45, 7) is 8.10. The number of benzene rings is 1. The first kappa shape index (κ1) is 13.8. The maximum atomic E-state index is 5.33. The Morgan fingerprint density at radius 1 is 1.29 bits per heavy atom. The average molecular weight is 234 g/mol. The molecule has 1 rings (SSSR count). The predicted molar refractivity (Wildman–Crippen MR) is 70.2 cm³/mol. The third kappa shape index (κ3) is 3.93. The second-order valence-corrected chi connectivity index (χ2v) is 4.53. The number of aryl methyl sites for hydroxylation is 1. The third-order valence-corrected chi connectivity index (χ3v) is 3.10. The summed E-state index contributed by atoms with van der Waals surface area (Å²) < 4.78 is 5.33. The van der Waals surface area contributed by atoms with Crippen LogP contribution >= 0.6 is 0 Å². The van der Waals surface area contributed by atoms with E-state index in [-0.39, 0.29) is 6.04 Å². The molecule has 3 heteroatoms. The van der Waals surface area contributed by atoms with Crippen LogP contribution in [0.4, 0.5) is 0 Å². The van der Waals surface area contributed by atoms with Gasteiger partial charge in [-0.05, 0) is 32.8 Å². The van der Waals surface area contributed by atoms with Crippen molar-refractivity contribution in [3.8, 4) is 0 Å². The third-order valence-electron chi connectivity index (χ3n) is 3.10. The lowest BCUT2D eigenvalue weighted by Gasteiger charge is -2.20. The number of ether oxygens (including phenoxy) is 1. The van der Waals surface area contributed by atoms with Crippen LogP contribution in [0.5, 0.6) is 0 Å². The lowest BCUT2D eigenvalue weighted by atomic mass is 10.1. The number of nitrogens with zero attached hydrogens (tertiary/aromatic N) is 2. The van der Waals surface area contributed by atoms with Gasteiger partial charge >= 0.3 is 0 Å². The van der Waals surface area contributed by atoms with Gasteiger partial charge in [-0.3, -0.25) is 0 Å². The summed E-state index contributed by atoms with van der Waals surface area (Å²) >= 11 is 0. The van der Waals surface area contributed by atoms with E-state index in [1.807, 2.05) is 20.8 Å². The van der Waals surface area contributed by atoms with E-state index in [4.69, 9.17) is 4.74 Å². The highest BCUT2D eigenvalue weighted by Crippen LogP contribution is 2.22. The fraction of sp³-hybridized carbons (Fsp3) is 0.571. The van der Waals surface area contributed by atoms with Gasteiger partial charge in [-0.2, -0.15) is 10.2 Å². The largest absolute Gasteiger partial charge is 0.356 e. The zero-order valence-electron chi connectivity index (χ0n) is 11.4. The molecular formula is C14H22N2O. The summed E-state index contributed by atoms with van der Waals surface area (Å²) in [5.41, 5.74) is 1.93. The van der Waals surface area contributed by atoms with Crippen molar-refractivity contribution in [2.24, 2.45) is 10.2 Å². The molecule has 0 aliphatic carbocycles. The number of methoxy groups -OCH3 is 1. The lowest BCUT2D eigenvalue weighted by Crippen LogP contribution is -2.22. The van der Waals surface area contributed by atoms with Crippen LogP contribution in [-0.4, -0.2) is 12.8 Å². The number of hydrogen-bond donors (Lipinski definition) is 0. The molecule has 0 aliphatic rings. The average Bonchev–Trinajstić information content (AvgIpc) is 2.36. The van der Waals surface area contributed by atoms with E-state index in [9.17, 15) is 0 Å². The molecule has 0 aliphatic heterocycles. The van der Waals surface area contributed by atoms with Crippen LogP contribution in [0.15, 0.2) is 34.5 Å². The molecule has 0 fully saturated rings. The van der Waals surface area contributed by atoms with Gasteiger partial charge in [0.15, 0.2) is 5.72 Å². The molecule has 1 aromatic rings. The Bertz CT molecular complexity index is 366. The Balaban J connectivity index is 2.75. The quantitative estimate of drug-likeness (QED) is 0.700. The van der Waals surface area contributed by atoms with E-state index in [2.05, 4.69) is 41.4 Å². The Morgan fingerprint density at radius 3 is 2.35 bits per heavy atom. The first-order chi connectivity index (χ1) is 8.00. The smallest absolute Gasteiger partial charge is 0.175 e. The molecule has 0 radical (unpaired) electrons. The maximum Gasteiger partial charge on any atom is 0.175 e. The van der Waals surface area contributed by atoms with E-state index in [1.165, 1.54) is 11.1 Å². The van der Waals surface area contributed by atoms with E-state index in [1.54, 1.807) is 7.11 Å². The SMILES string of the molecule is CCC(C)(N=NC(C)c1ccc(C)cc1)OC. The predicted octanol–water partition coefficient (Wildman–Crippen LogP) is 4.28. The van der Waals surface area contributed by atoms with Crippen molar-refractivity contribution in [3.63, 3.8) is 0 Å². The summed E-state index contributed by atoms with van der Waals surface area (Å²) in [7, 11) is 1.67. The molecule has 2 unspecified atom stereocenters. The van der Waals surface area contributed by atoms with Crippen molar-refractivity contribution in [1.82, 2.24) is 0 Å². The highest BCUT2D eigenvalue weighted by atomic mass is 16.5. The van der Waals surface area contributed by atoms with Crippen LogP contribution in [0.2, 0.25) is 0 Å². The van der Waals surface area contributed by atoms with Crippen molar-refractivity contribution >= 4 is 0 Å². The minimum Gasteiger partial charge on any atom is -0.356 e. The molecular weight excluding hydrogens is 212 g/mol.